The van der Waals surface area contributed by atoms with Crippen molar-refractivity contribution >= 4 is 16.8 Å². The summed E-state index contributed by atoms with van der Waals surface area (Å²) < 4.78 is 41.4. The molecule has 1 aromatic heterocycles. The number of aryl methyl sites for hydroxylation is 1. The van der Waals surface area contributed by atoms with E-state index in [1.54, 1.807) is 12.3 Å². The molecule has 2 N–H and O–H groups in total. The Hall–Kier alpha value is -2.76. The van der Waals surface area contributed by atoms with E-state index in [9.17, 15) is 18.0 Å². The van der Waals surface area contributed by atoms with Crippen molar-refractivity contribution in [2.45, 2.75) is 52.1 Å². The van der Waals surface area contributed by atoms with Gasteiger partial charge in [0.05, 0.1) is 5.56 Å². The van der Waals surface area contributed by atoms with Crippen LogP contribution in [0.2, 0.25) is 0 Å². The third kappa shape index (κ3) is 5.30. The molecule has 166 valence electrons. The monoisotopic (exact) mass is 430 g/mol. The number of carbonyl (C=O) groups is 1. The van der Waals surface area contributed by atoms with Gasteiger partial charge in [0, 0.05) is 36.0 Å². The number of hydrogen-bond donors (Lipinski definition) is 2. The van der Waals surface area contributed by atoms with Gasteiger partial charge in [-0.05, 0) is 41.5 Å². The number of halogens is 3. The Labute approximate surface area is 181 Å². The number of rotatable bonds is 8. The van der Waals surface area contributed by atoms with Crippen molar-refractivity contribution in [2.75, 3.05) is 6.54 Å². The van der Waals surface area contributed by atoms with Gasteiger partial charge in [-0.25, -0.2) is 0 Å². The summed E-state index contributed by atoms with van der Waals surface area (Å²) in [6, 6.07) is 11.4. The van der Waals surface area contributed by atoms with Crippen molar-refractivity contribution in [2.24, 2.45) is 5.92 Å². The predicted molar refractivity (Wildman–Crippen MR) is 118 cm³/mol. The lowest BCUT2D eigenvalue weighted by Gasteiger charge is -2.22. The van der Waals surface area contributed by atoms with Gasteiger partial charge in [-0.15, -0.1) is 0 Å². The number of aromatic amines is 1. The minimum atomic E-state index is -4.50. The van der Waals surface area contributed by atoms with Crippen molar-refractivity contribution in [3.63, 3.8) is 0 Å². The molecule has 1 amide bonds. The standard InChI is InChI=1S/C25H29F3N2O/c1-4-17-8-7-10-19-21(15-30-24(17)19)20(14-23(31)29-13-12-16(2)3)18-9-5-6-11-22(18)25(26,27)28/h5-11,15-16,20,30H,4,12-14H2,1-3H3,(H,29,31). The molecule has 1 atom stereocenters. The lowest BCUT2D eigenvalue weighted by molar-refractivity contribution is -0.138. The first kappa shape index (κ1) is 22.9. The number of amides is 1. The first-order valence-corrected chi connectivity index (χ1v) is 10.7. The van der Waals surface area contributed by atoms with Gasteiger partial charge in [-0.2, -0.15) is 13.2 Å². The number of nitrogens with one attached hydrogen (secondary N) is 2. The molecule has 1 heterocycles. The van der Waals surface area contributed by atoms with Crippen LogP contribution >= 0.6 is 0 Å². The van der Waals surface area contributed by atoms with Crippen molar-refractivity contribution in [3.05, 3.63) is 70.9 Å². The molecule has 3 rings (SSSR count). The van der Waals surface area contributed by atoms with Gasteiger partial charge in [0.15, 0.2) is 0 Å². The molecule has 0 aliphatic heterocycles. The molecular formula is C25H29F3N2O. The highest BCUT2D eigenvalue weighted by molar-refractivity contribution is 5.88. The van der Waals surface area contributed by atoms with Crippen LogP contribution in [0.15, 0.2) is 48.7 Å². The smallest absolute Gasteiger partial charge is 0.361 e. The van der Waals surface area contributed by atoms with E-state index in [1.807, 2.05) is 25.1 Å². The zero-order valence-electron chi connectivity index (χ0n) is 18.1. The van der Waals surface area contributed by atoms with Crippen molar-refractivity contribution < 1.29 is 18.0 Å². The lowest BCUT2D eigenvalue weighted by Crippen LogP contribution is -2.27. The molecule has 0 saturated heterocycles. The average Bonchev–Trinajstić information content (AvgIpc) is 3.15. The Bertz CT molecular complexity index is 1040. The first-order chi connectivity index (χ1) is 14.7. The molecule has 0 aliphatic rings. The number of alkyl halides is 3. The highest BCUT2D eigenvalue weighted by atomic mass is 19.4. The van der Waals surface area contributed by atoms with Crippen molar-refractivity contribution in [1.29, 1.82) is 0 Å². The summed E-state index contributed by atoms with van der Waals surface area (Å²) in [6.07, 6.45) is -1.17. The predicted octanol–water partition coefficient (Wildman–Crippen LogP) is 6.43. The summed E-state index contributed by atoms with van der Waals surface area (Å²) in [5.41, 5.74) is 2.14. The van der Waals surface area contributed by atoms with Gasteiger partial charge in [0.1, 0.15) is 0 Å². The number of fused-ring (bicyclic) bond motifs is 1. The minimum absolute atomic E-state index is 0.0471. The summed E-state index contributed by atoms with van der Waals surface area (Å²) in [6.45, 7) is 6.67. The largest absolute Gasteiger partial charge is 0.416 e. The van der Waals surface area contributed by atoms with Gasteiger partial charge in [0.2, 0.25) is 5.91 Å². The Kier molecular flexibility index (Phi) is 7.08. The molecule has 31 heavy (non-hydrogen) atoms. The first-order valence-electron chi connectivity index (χ1n) is 10.7. The second-order valence-corrected chi connectivity index (χ2v) is 8.31. The SMILES string of the molecule is CCc1cccc2c(C(CC(=O)NCCC(C)C)c3ccccc3C(F)(F)F)c[nH]c12. The van der Waals surface area contributed by atoms with Gasteiger partial charge >= 0.3 is 6.18 Å². The lowest BCUT2D eigenvalue weighted by atomic mass is 9.84. The maximum absolute atomic E-state index is 13.8. The fraction of sp³-hybridized carbons (Fsp3) is 0.400. The van der Waals surface area contributed by atoms with Crippen LogP contribution in [0.1, 0.15) is 61.8 Å². The zero-order chi connectivity index (χ0) is 22.6. The van der Waals surface area contributed by atoms with Crippen LogP contribution < -0.4 is 5.32 Å². The number of carbonyl (C=O) groups excluding carboxylic acids is 1. The van der Waals surface area contributed by atoms with Crippen LogP contribution in [0.25, 0.3) is 10.9 Å². The van der Waals surface area contributed by atoms with E-state index in [0.717, 1.165) is 35.4 Å². The van der Waals surface area contributed by atoms with Gasteiger partial charge in [-0.1, -0.05) is 57.2 Å². The Morgan fingerprint density at radius 3 is 2.48 bits per heavy atom. The van der Waals surface area contributed by atoms with Gasteiger partial charge in [0.25, 0.3) is 0 Å². The summed E-state index contributed by atoms with van der Waals surface area (Å²) in [7, 11) is 0. The molecule has 3 aromatic rings. The summed E-state index contributed by atoms with van der Waals surface area (Å²) in [4.78, 5) is 16.0. The molecule has 3 nitrogen and oxygen atoms in total. The van der Waals surface area contributed by atoms with Crippen LogP contribution in [-0.4, -0.2) is 17.4 Å². The fourth-order valence-corrected chi connectivity index (χ4v) is 4.03. The molecule has 0 aliphatic carbocycles. The molecule has 6 heteroatoms. The van der Waals surface area contributed by atoms with E-state index in [4.69, 9.17) is 0 Å². The Balaban J connectivity index is 2.06. The molecule has 0 spiro atoms. The van der Waals surface area contributed by atoms with Crippen LogP contribution in [-0.2, 0) is 17.4 Å². The van der Waals surface area contributed by atoms with E-state index in [0.29, 0.717) is 18.0 Å². The quantitative estimate of drug-likeness (QED) is 0.425. The van der Waals surface area contributed by atoms with Gasteiger partial charge < -0.3 is 10.3 Å². The van der Waals surface area contributed by atoms with E-state index in [1.165, 1.54) is 12.1 Å². The summed E-state index contributed by atoms with van der Waals surface area (Å²) in [5, 5.41) is 3.73. The molecule has 1 unspecified atom stereocenters. The van der Waals surface area contributed by atoms with Crippen molar-refractivity contribution in [3.8, 4) is 0 Å². The zero-order valence-corrected chi connectivity index (χ0v) is 18.1. The molecule has 0 fully saturated rings. The summed E-state index contributed by atoms with van der Waals surface area (Å²) >= 11 is 0. The number of benzene rings is 2. The maximum Gasteiger partial charge on any atom is 0.416 e. The molecule has 0 saturated carbocycles. The minimum Gasteiger partial charge on any atom is -0.361 e. The van der Waals surface area contributed by atoms with Gasteiger partial charge in [-0.3, -0.25) is 4.79 Å². The normalized spacial score (nSPS) is 13.0. The number of aromatic nitrogens is 1. The number of para-hydroxylation sites is 1. The van der Waals surface area contributed by atoms with Crippen LogP contribution in [0.3, 0.4) is 0 Å². The highest BCUT2D eigenvalue weighted by Crippen LogP contribution is 2.41. The third-order valence-corrected chi connectivity index (χ3v) is 5.67. The molecular weight excluding hydrogens is 401 g/mol. The van der Waals surface area contributed by atoms with E-state index < -0.39 is 17.7 Å². The Morgan fingerprint density at radius 2 is 1.81 bits per heavy atom. The third-order valence-electron chi connectivity index (χ3n) is 5.67. The molecule has 0 radical (unpaired) electrons. The summed E-state index contributed by atoms with van der Waals surface area (Å²) in [5.74, 6) is -0.524. The van der Waals surface area contributed by atoms with Crippen LogP contribution in [0, 0.1) is 5.92 Å². The highest BCUT2D eigenvalue weighted by Gasteiger charge is 2.36. The van der Waals surface area contributed by atoms with E-state index >= 15 is 0 Å². The Morgan fingerprint density at radius 1 is 1.06 bits per heavy atom. The van der Waals surface area contributed by atoms with Crippen LogP contribution in [0.5, 0.6) is 0 Å². The maximum atomic E-state index is 13.8. The molecule has 2 aromatic carbocycles. The average molecular weight is 431 g/mol. The van der Waals surface area contributed by atoms with E-state index in [-0.39, 0.29) is 17.9 Å². The van der Waals surface area contributed by atoms with Crippen molar-refractivity contribution in [1.82, 2.24) is 10.3 Å². The van der Waals surface area contributed by atoms with Crippen LogP contribution in [0.4, 0.5) is 13.2 Å². The van der Waals surface area contributed by atoms with E-state index in [2.05, 4.69) is 24.1 Å². The fourth-order valence-electron chi connectivity index (χ4n) is 4.03. The number of H-pyrrole nitrogens is 1. The number of hydrogen-bond acceptors (Lipinski definition) is 1. The second kappa shape index (κ2) is 9.58. The topological polar surface area (TPSA) is 44.9 Å². The second-order valence-electron chi connectivity index (χ2n) is 8.31. The molecule has 0 bridgehead atoms.